The Hall–Kier alpha value is -1.17. The van der Waals surface area contributed by atoms with Gasteiger partial charge in [0, 0.05) is 11.3 Å². The molecule has 0 bridgehead atoms. The van der Waals surface area contributed by atoms with Gasteiger partial charge in [0.05, 0.1) is 0 Å². The van der Waals surface area contributed by atoms with Gasteiger partial charge >= 0.3 is 33.5 Å². The fourth-order valence-corrected chi connectivity index (χ4v) is 5.18. The fraction of sp³-hybridized carbons (Fsp3) is 0.429. The van der Waals surface area contributed by atoms with Crippen molar-refractivity contribution in [2.45, 2.75) is 54.4 Å². The SMILES string of the molecule is CCCC(=C1C=C(C(C)C)C([NH-])=C(C(C)C)C1(C)C1C=CC=C1)c1ccccc1.[Cl][Cr+][Cl]. The van der Waals surface area contributed by atoms with E-state index in [1.54, 1.807) is 0 Å². The molecule has 1 atom stereocenters. The molecule has 2 aliphatic rings. The van der Waals surface area contributed by atoms with Crippen molar-refractivity contribution < 1.29 is 13.4 Å². The van der Waals surface area contributed by atoms with E-state index in [4.69, 9.17) is 25.8 Å². The van der Waals surface area contributed by atoms with Crippen LogP contribution in [0.15, 0.2) is 83.1 Å². The Labute approximate surface area is 210 Å². The molecule has 173 valence electrons. The van der Waals surface area contributed by atoms with Crippen LogP contribution in [0.3, 0.4) is 0 Å². The molecule has 1 aromatic carbocycles. The van der Waals surface area contributed by atoms with Crippen molar-refractivity contribution in [2.75, 3.05) is 0 Å². The van der Waals surface area contributed by atoms with Crippen molar-refractivity contribution in [3.63, 3.8) is 0 Å². The molecule has 2 aliphatic carbocycles. The van der Waals surface area contributed by atoms with E-state index < -0.39 is 0 Å². The Morgan fingerprint density at radius 3 is 2.06 bits per heavy atom. The molecule has 1 aromatic rings. The second-order valence-electron chi connectivity index (χ2n) is 9.26. The second kappa shape index (κ2) is 12.3. The van der Waals surface area contributed by atoms with Gasteiger partial charge in [0.15, 0.2) is 0 Å². The van der Waals surface area contributed by atoms with E-state index in [0.29, 0.717) is 11.8 Å². The van der Waals surface area contributed by atoms with Crippen LogP contribution in [0.1, 0.15) is 59.9 Å². The summed E-state index contributed by atoms with van der Waals surface area (Å²) in [6.07, 6.45) is 13.5. The molecule has 1 unspecified atom stereocenters. The Morgan fingerprint density at radius 2 is 1.59 bits per heavy atom. The third-order valence-electron chi connectivity index (χ3n) is 6.54. The van der Waals surface area contributed by atoms with Gasteiger partial charge in [-0.3, -0.25) is 0 Å². The first-order valence-electron chi connectivity index (χ1n) is 11.4. The summed E-state index contributed by atoms with van der Waals surface area (Å²) in [6, 6.07) is 10.9. The molecular weight excluding hydrogens is 473 g/mol. The van der Waals surface area contributed by atoms with Crippen molar-refractivity contribution in [1.29, 1.82) is 0 Å². The Morgan fingerprint density at radius 1 is 1.03 bits per heavy atom. The predicted octanol–water partition coefficient (Wildman–Crippen LogP) is 9.92. The number of benzene rings is 1. The van der Waals surface area contributed by atoms with Crippen molar-refractivity contribution in [3.05, 3.63) is 94.4 Å². The molecule has 32 heavy (non-hydrogen) atoms. The first-order valence-corrected chi connectivity index (χ1v) is 15.0. The van der Waals surface area contributed by atoms with Gasteiger partial charge in [-0.05, 0) is 35.0 Å². The molecule has 0 heterocycles. The number of halogens is 2. The van der Waals surface area contributed by atoms with Crippen LogP contribution in [0.2, 0.25) is 0 Å². The van der Waals surface area contributed by atoms with E-state index >= 15 is 0 Å². The summed E-state index contributed by atoms with van der Waals surface area (Å²) in [5.74, 6) is 0.950. The van der Waals surface area contributed by atoms with Crippen LogP contribution < -0.4 is 0 Å². The van der Waals surface area contributed by atoms with Gasteiger partial charge in [-0.25, -0.2) is 0 Å². The van der Waals surface area contributed by atoms with Crippen molar-refractivity contribution in [2.24, 2.45) is 23.2 Å². The molecule has 0 radical (unpaired) electrons. The maximum absolute atomic E-state index is 9.14. The van der Waals surface area contributed by atoms with Gasteiger partial charge in [-0.15, -0.1) is 5.70 Å². The topological polar surface area (TPSA) is 23.8 Å². The third-order valence-corrected chi connectivity index (χ3v) is 6.54. The van der Waals surface area contributed by atoms with Crippen LogP contribution in [0.5, 0.6) is 0 Å². The molecule has 3 rings (SSSR count). The molecule has 1 N–H and O–H groups in total. The average Bonchev–Trinajstić information content (AvgIpc) is 3.29. The van der Waals surface area contributed by atoms with E-state index in [1.807, 2.05) is 0 Å². The molecule has 0 fully saturated rings. The third kappa shape index (κ3) is 5.66. The molecule has 0 aliphatic heterocycles. The first kappa shape index (κ1) is 27.1. The van der Waals surface area contributed by atoms with Crippen molar-refractivity contribution >= 4 is 25.7 Å². The predicted molar refractivity (Wildman–Crippen MR) is 139 cm³/mol. The zero-order valence-electron chi connectivity index (χ0n) is 20.1. The molecule has 0 amide bonds. The first-order chi connectivity index (χ1) is 15.2. The standard InChI is InChI=1S/C28H36N.2ClH.Cr/c1-7-13-23(21-14-9-8-10-15-21)25-18-24(19(2)3)27(29)26(20(4)5)28(25,6)22-16-11-12-17-22;;;/h8-12,14-20,22,29H,7,13H2,1-6H3;2*1H;/q-1;;;+3/p-2. The van der Waals surface area contributed by atoms with E-state index in [0.717, 1.165) is 18.5 Å². The Balaban J connectivity index is 0.00000114. The molecule has 4 heteroatoms. The molecule has 0 spiro atoms. The number of allylic oxidation sites excluding steroid dienone is 9. The number of hydrogen-bond acceptors (Lipinski definition) is 0. The quantitative estimate of drug-likeness (QED) is 0.364. The van der Waals surface area contributed by atoms with Crippen LogP contribution in [0, 0.1) is 23.2 Å². The van der Waals surface area contributed by atoms with Crippen LogP contribution in [-0.4, -0.2) is 0 Å². The van der Waals surface area contributed by atoms with Crippen LogP contribution in [0.4, 0.5) is 0 Å². The van der Waals surface area contributed by atoms with E-state index in [-0.39, 0.29) is 24.7 Å². The molecule has 0 saturated heterocycles. The van der Waals surface area contributed by atoms with Gasteiger partial charge in [-0.1, -0.05) is 120 Å². The summed E-state index contributed by atoms with van der Waals surface area (Å²) >= 11 is -0.181. The monoisotopic (exact) mass is 508 g/mol. The second-order valence-corrected chi connectivity index (χ2v) is 11.4. The number of rotatable bonds is 6. The normalized spacial score (nSPS) is 22.2. The summed E-state index contributed by atoms with van der Waals surface area (Å²) in [5.41, 5.74) is 16.3. The summed E-state index contributed by atoms with van der Waals surface area (Å²) in [6.45, 7) is 13.6. The van der Waals surface area contributed by atoms with Crippen LogP contribution in [0.25, 0.3) is 11.3 Å². The van der Waals surface area contributed by atoms with Crippen LogP contribution >= 0.6 is 20.1 Å². The zero-order valence-corrected chi connectivity index (χ0v) is 22.9. The minimum atomic E-state index is -0.201. The van der Waals surface area contributed by atoms with Gasteiger partial charge in [-0.2, -0.15) is 0 Å². The molecule has 1 nitrogen and oxygen atoms in total. The Bertz CT molecular complexity index is 910. The summed E-state index contributed by atoms with van der Waals surface area (Å²) in [4.78, 5) is 0. The summed E-state index contributed by atoms with van der Waals surface area (Å²) in [5, 5.41) is 0. The van der Waals surface area contributed by atoms with E-state index in [1.165, 1.54) is 27.9 Å². The fourth-order valence-electron chi connectivity index (χ4n) is 5.18. The van der Waals surface area contributed by atoms with Gasteiger partial charge in [0.25, 0.3) is 0 Å². The summed E-state index contributed by atoms with van der Waals surface area (Å²) < 4.78 is 0. The minimum absolute atomic E-state index is 0.181. The summed E-state index contributed by atoms with van der Waals surface area (Å²) in [7, 11) is 9.65. The van der Waals surface area contributed by atoms with Crippen LogP contribution in [-0.2, 0) is 13.4 Å². The Kier molecular flexibility index (Phi) is 10.4. The van der Waals surface area contributed by atoms with Crippen molar-refractivity contribution in [3.8, 4) is 0 Å². The van der Waals surface area contributed by atoms with Gasteiger partial charge < -0.3 is 5.73 Å². The molecular formula is C28H36Cl2CrN. The van der Waals surface area contributed by atoms with Gasteiger partial charge in [0.2, 0.25) is 0 Å². The molecule has 0 saturated carbocycles. The molecule has 0 aromatic heterocycles. The van der Waals surface area contributed by atoms with Gasteiger partial charge in [0.1, 0.15) is 0 Å². The zero-order chi connectivity index (χ0) is 23.9. The number of nitrogens with one attached hydrogen (secondary N) is 1. The maximum atomic E-state index is 9.14. The van der Waals surface area contributed by atoms with E-state index in [9.17, 15) is 0 Å². The van der Waals surface area contributed by atoms with E-state index in [2.05, 4.69) is 102 Å². The van der Waals surface area contributed by atoms with Crippen molar-refractivity contribution in [1.82, 2.24) is 0 Å². The number of hydrogen-bond donors (Lipinski definition) is 0. The average molecular weight is 510 g/mol.